The standard InChI is InChI=1S/C52H32N4OSi/c53-33-34-24-26-35(27-25-34)39-14-10-15-40(32-39)52-55-50(37-12-2-1-3-13-37)54-51(56-52)38-30-28-36(29-31-38)41-17-11-23-48-49(41)42-16-4-7-20-45(42)58(48)46-21-8-5-18-43(46)57-44-19-6-9-22-47(44)58/h1-32H. The zero-order chi connectivity index (χ0) is 38.6. The Labute approximate surface area is 337 Å². The highest BCUT2D eigenvalue weighted by molar-refractivity contribution is 7.23. The zero-order valence-electron chi connectivity index (χ0n) is 31.2. The summed E-state index contributed by atoms with van der Waals surface area (Å²) in [6.07, 6.45) is 0. The average molecular weight is 757 g/mol. The number of hydrogen-bond acceptors (Lipinski definition) is 5. The van der Waals surface area contributed by atoms with E-state index < -0.39 is 8.07 Å². The van der Waals surface area contributed by atoms with E-state index in [1.807, 2.05) is 66.7 Å². The lowest BCUT2D eigenvalue weighted by Gasteiger charge is -2.37. The summed E-state index contributed by atoms with van der Waals surface area (Å²) in [7, 11) is -2.70. The number of fused-ring (bicyclic) bond motifs is 9. The van der Waals surface area contributed by atoms with Crippen molar-refractivity contribution in [2.24, 2.45) is 0 Å². The molecule has 0 unspecified atom stereocenters. The number of nitrogens with zero attached hydrogens (tertiary/aromatic N) is 4. The van der Waals surface area contributed by atoms with Gasteiger partial charge < -0.3 is 4.74 Å². The fraction of sp³-hybridized carbons (Fsp3) is 0. The number of aromatic nitrogens is 3. The van der Waals surface area contributed by atoms with E-state index in [0.29, 0.717) is 23.0 Å². The molecule has 0 saturated carbocycles. The summed E-state index contributed by atoms with van der Waals surface area (Å²) in [6.45, 7) is 0. The van der Waals surface area contributed by atoms with Crippen LogP contribution in [0.15, 0.2) is 194 Å². The second kappa shape index (κ2) is 13.5. The van der Waals surface area contributed by atoms with Crippen molar-refractivity contribution in [3.63, 3.8) is 0 Å². The van der Waals surface area contributed by atoms with Crippen LogP contribution in [-0.2, 0) is 0 Å². The van der Waals surface area contributed by atoms with Gasteiger partial charge in [-0.1, -0.05) is 164 Å². The molecular weight excluding hydrogens is 725 g/mol. The van der Waals surface area contributed by atoms with Gasteiger partial charge in [-0.3, -0.25) is 0 Å². The lowest BCUT2D eigenvalue weighted by atomic mass is 9.94. The summed E-state index contributed by atoms with van der Waals surface area (Å²) < 4.78 is 6.58. The van der Waals surface area contributed by atoms with Crippen LogP contribution in [0.3, 0.4) is 0 Å². The number of rotatable bonds is 5. The van der Waals surface area contributed by atoms with Gasteiger partial charge in [0.2, 0.25) is 0 Å². The number of ether oxygens (including phenoxy) is 1. The molecule has 0 atom stereocenters. The minimum atomic E-state index is -2.70. The molecule has 1 aromatic heterocycles. The Kier molecular flexibility index (Phi) is 7.81. The highest BCUT2D eigenvalue weighted by Gasteiger charge is 2.53. The Bertz CT molecular complexity index is 3050. The van der Waals surface area contributed by atoms with Gasteiger partial charge in [-0.25, -0.2) is 15.0 Å². The van der Waals surface area contributed by atoms with E-state index in [4.69, 9.17) is 19.7 Å². The van der Waals surface area contributed by atoms with Gasteiger partial charge in [0.15, 0.2) is 25.5 Å². The number of benzene rings is 8. The smallest absolute Gasteiger partial charge is 0.189 e. The third-order valence-corrected chi connectivity index (χ3v) is 16.4. The summed E-state index contributed by atoms with van der Waals surface area (Å²) in [5.41, 5.74) is 10.3. The molecule has 11 rings (SSSR count). The average Bonchev–Trinajstić information content (AvgIpc) is 3.60. The van der Waals surface area contributed by atoms with E-state index in [1.54, 1.807) is 0 Å². The van der Waals surface area contributed by atoms with Crippen molar-refractivity contribution in [2.75, 3.05) is 0 Å². The van der Waals surface area contributed by atoms with Gasteiger partial charge in [0.05, 0.1) is 11.6 Å². The Hall–Kier alpha value is -7.72. The monoisotopic (exact) mass is 756 g/mol. The number of hydrogen-bond donors (Lipinski definition) is 0. The van der Waals surface area contributed by atoms with Crippen LogP contribution in [-0.4, -0.2) is 23.0 Å². The van der Waals surface area contributed by atoms with E-state index in [2.05, 4.69) is 133 Å². The molecule has 2 aliphatic heterocycles. The van der Waals surface area contributed by atoms with Crippen LogP contribution in [0.25, 0.3) is 67.5 Å². The molecule has 0 saturated heterocycles. The number of para-hydroxylation sites is 2. The highest BCUT2D eigenvalue weighted by atomic mass is 28.3. The van der Waals surface area contributed by atoms with Gasteiger partial charge in [0.1, 0.15) is 11.5 Å². The van der Waals surface area contributed by atoms with Crippen molar-refractivity contribution in [1.82, 2.24) is 15.0 Å². The van der Waals surface area contributed by atoms with Gasteiger partial charge in [-0.05, 0) is 84.5 Å². The first kappa shape index (κ1) is 33.6. The molecule has 9 aromatic rings. The van der Waals surface area contributed by atoms with Crippen molar-refractivity contribution in [3.05, 3.63) is 200 Å². The summed E-state index contributed by atoms with van der Waals surface area (Å²) >= 11 is 0. The first-order valence-electron chi connectivity index (χ1n) is 19.3. The van der Waals surface area contributed by atoms with Crippen molar-refractivity contribution < 1.29 is 4.74 Å². The maximum atomic E-state index is 9.31. The molecule has 0 N–H and O–H groups in total. The molecule has 270 valence electrons. The van der Waals surface area contributed by atoms with Gasteiger partial charge in [0, 0.05) is 16.7 Å². The minimum Gasteiger partial charge on any atom is -0.458 e. The highest BCUT2D eigenvalue weighted by Crippen LogP contribution is 2.40. The van der Waals surface area contributed by atoms with Crippen LogP contribution in [0.5, 0.6) is 11.5 Å². The van der Waals surface area contributed by atoms with E-state index >= 15 is 0 Å². The van der Waals surface area contributed by atoms with E-state index in [-0.39, 0.29) is 0 Å². The first-order chi connectivity index (χ1) is 28.7. The lowest BCUT2D eigenvalue weighted by molar-refractivity contribution is 0.487. The lowest BCUT2D eigenvalue weighted by Crippen LogP contribution is -2.74. The van der Waals surface area contributed by atoms with Gasteiger partial charge in [0.25, 0.3) is 0 Å². The third kappa shape index (κ3) is 5.26. The molecule has 3 heterocycles. The summed E-state index contributed by atoms with van der Waals surface area (Å²) in [4.78, 5) is 15.1. The van der Waals surface area contributed by atoms with Crippen LogP contribution in [0.2, 0.25) is 0 Å². The maximum Gasteiger partial charge on any atom is 0.189 e. The Morgan fingerprint density at radius 2 is 0.862 bits per heavy atom. The predicted molar refractivity (Wildman–Crippen MR) is 234 cm³/mol. The minimum absolute atomic E-state index is 0.591. The molecule has 2 aliphatic rings. The normalized spacial score (nSPS) is 12.7. The Morgan fingerprint density at radius 3 is 1.55 bits per heavy atom. The molecule has 5 nitrogen and oxygen atoms in total. The largest absolute Gasteiger partial charge is 0.458 e. The second-order valence-corrected chi connectivity index (χ2v) is 18.3. The molecule has 58 heavy (non-hydrogen) atoms. The van der Waals surface area contributed by atoms with Gasteiger partial charge in [-0.15, -0.1) is 0 Å². The second-order valence-electron chi connectivity index (χ2n) is 14.6. The molecule has 0 radical (unpaired) electrons. The van der Waals surface area contributed by atoms with Crippen molar-refractivity contribution in [3.8, 4) is 85.1 Å². The molecule has 0 fully saturated rings. The summed E-state index contributed by atoms with van der Waals surface area (Å²) in [5.74, 6) is 3.69. The van der Waals surface area contributed by atoms with Crippen LogP contribution in [0.1, 0.15) is 5.56 Å². The van der Waals surface area contributed by atoms with Crippen LogP contribution >= 0.6 is 0 Å². The van der Waals surface area contributed by atoms with Crippen LogP contribution < -0.4 is 25.5 Å². The van der Waals surface area contributed by atoms with E-state index in [9.17, 15) is 5.26 Å². The quantitative estimate of drug-likeness (QED) is 0.164. The maximum absolute atomic E-state index is 9.31. The number of nitriles is 1. The van der Waals surface area contributed by atoms with Crippen LogP contribution in [0.4, 0.5) is 0 Å². The van der Waals surface area contributed by atoms with Crippen LogP contribution in [0, 0.1) is 11.3 Å². The van der Waals surface area contributed by atoms with Gasteiger partial charge in [-0.2, -0.15) is 5.26 Å². The van der Waals surface area contributed by atoms with Crippen molar-refractivity contribution >= 4 is 28.8 Å². The molecule has 1 spiro atoms. The fourth-order valence-electron chi connectivity index (χ4n) is 8.87. The topological polar surface area (TPSA) is 71.7 Å². The molecule has 0 amide bonds. The van der Waals surface area contributed by atoms with Gasteiger partial charge >= 0.3 is 0 Å². The Morgan fingerprint density at radius 1 is 0.379 bits per heavy atom. The molecular formula is C52H32N4OSi. The van der Waals surface area contributed by atoms with E-state index in [0.717, 1.165) is 44.9 Å². The summed E-state index contributed by atoms with van der Waals surface area (Å²) in [6, 6.07) is 69.8. The predicted octanol–water partition coefficient (Wildman–Crippen LogP) is 9.54. The van der Waals surface area contributed by atoms with E-state index in [1.165, 1.54) is 37.4 Å². The molecule has 8 aromatic carbocycles. The third-order valence-electron chi connectivity index (χ3n) is 11.5. The Balaban J connectivity index is 1.04. The molecule has 0 aliphatic carbocycles. The fourth-order valence-corrected chi connectivity index (χ4v) is 14.3. The molecule has 6 heteroatoms. The van der Waals surface area contributed by atoms with Crippen molar-refractivity contribution in [2.45, 2.75) is 0 Å². The zero-order valence-corrected chi connectivity index (χ0v) is 32.2. The summed E-state index contributed by atoms with van der Waals surface area (Å²) in [5, 5.41) is 14.7. The van der Waals surface area contributed by atoms with Crippen molar-refractivity contribution in [1.29, 1.82) is 5.26 Å². The molecule has 0 bridgehead atoms. The SMILES string of the molecule is N#Cc1ccc(-c2cccc(-c3nc(-c4ccccc4)nc(-c4ccc(-c5cccc6c5-c5ccccc5[Si]65c6ccccc6Oc6ccccc65)cc4)n3)c2)cc1. The first-order valence-corrected chi connectivity index (χ1v) is 21.3.